The van der Waals surface area contributed by atoms with Crippen molar-refractivity contribution in [2.45, 2.75) is 13.1 Å². The van der Waals surface area contributed by atoms with Crippen molar-refractivity contribution < 1.29 is 17.9 Å². The van der Waals surface area contributed by atoms with Crippen LogP contribution in [0.4, 0.5) is 24.7 Å². The molecular weight excluding hydrogens is 393 g/mol. The average Bonchev–Trinajstić information content (AvgIpc) is 3.16. The second kappa shape index (κ2) is 6.76. The molecule has 1 N–H and O–H groups in total. The molecule has 5 rings (SSSR count). The van der Waals surface area contributed by atoms with Gasteiger partial charge in [0.25, 0.3) is 0 Å². The van der Waals surface area contributed by atoms with Gasteiger partial charge in [-0.3, -0.25) is 0 Å². The molecule has 0 bridgehead atoms. The fourth-order valence-electron chi connectivity index (χ4n) is 3.61. The van der Waals surface area contributed by atoms with E-state index >= 15 is 0 Å². The molecule has 5 nitrogen and oxygen atoms in total. The van der Waals surface area contributed by atoms with Crippen molar-refractivity contribution in [1.82, 2.24) is 15.0 Å². The minimum Gasteiger partial charge on any atom is -0.489 e. The predicted octanol–water partition coefficient (Wildman–Crippen LogP) is 5.48. The Bertz CT molecular complexity index is 1230. The summed E-state index contributed by atoms with van der Waals surface area (Å²) in [5.74, 6) is 1.89. The molecule has 1 aliphatic heterocycles. The molecule has 30 heavy (non-hydrogen) atoms. The first-order valence-corrected chi connectivity index (χ1v) is 9.43. The number of fused-ring (bicyclic) bond motifs is 2. The van der Waals surface area contributed by atoms with E-state index < -0.39 is 11.7 Å². The van der Waals surface area contributed by atoms with Crippen LogP contribution in [-0.4, -0.2) is 28.1 Å². The molecule has 4 aromatic rings. The van der Waals surface area contributed by atoms with Crippen molar-refractivity contribution in [3.63, 3.8) is 0 Å². The van der Waals surface area contributed by atoms with Crippen LogP contribution in [0.25, 0.3) is 22.4 Å². The van der Waals surface area contributed by atoms with Gasteiger partial charge in [-0.15, -0.1) is 0 Å². The fourth-order valence-corrected chi connectivity index (χ4v) is 3.61. The summed E-state index contributed by atoms with van der Waals surface area (Å²) in [4.78, 5) is 14.1. The molecule has 2 aromatic carbocycles. The van der Waals surface area contributed by atoms with E-state index in [4.69, 9.17) is 4.74 Å². The molecule has 3 heterocycles. The third-order valence-electron chi connectivity index (χ3n) is 5.08. The minimum absolute atomic E-state index is 0.324. The highest BCUT2D eigenvalue weighted by Gasteiger charge is 2.31. The van der Waals surface area contributed by atoms with E-state index in [1.807, 2.05) is 43.5 Å². The maximum Gasteiger partial charge on any atom is 0.416 e. The summed E-state index contributed by atoms with van der Waals surface area (Å²) in [5.41, 5.74) is 2.67. The highest BCUT2D eigenvalue weighted by molar-refractivity contribution is 5.85. The summed E-state index contributed by atoms with van der Waals surface area (Å²) in [7, 11) is 0. The Morgan fingerprint density at radius 2 is 1.97 bits per heavy atom. The molecule has 152 valence electrons. The normalized spacial score (nSPS) is 13.9. The number of aromatic nitrogens is 3. The van der Waals surface area contributed by atoms with Crippen molar-refractivity contribution >= 4 is 22.5 Å². The van der Waals surface area contributed by atoms with Gasteiger partial charge in [0.15, 0.2) is 5.75 Å². The molecule has 8 heteroatoms. The van der Waals surface area contributed by atoms with Crippen molar-refractivity contribution in [3.05, 3.63) is 65.9 Å². The van der Waals surface area contributed by atoms with Gasteiger partial charge in [-0.25, -0.2) is 9.97 Å². The lowest BCUT2D eigenvalue weighted by Crippen LogP contribution is -2.29. The molecule has 0 unspecified atom stereocenters. The Labute approximate surface area is 170 Å². The van der Waals surface area contributed by atoms with Gasteiger partial charge in [-0.1, -0.05) is 12.1 Å². The number of benzene rings is 2. The van der Waals surface area contributed by atoms with E-state index in [-0.39, 0.29) is 0 Å². The third kappa shape index (κ3) is 3.14. The van der Waals surface area contributed by atoms with E-state index in [1.54, 1.807) is 0 Å². The number of nitrogens with one attached hydrogen (secondary N) is 1. The Morgan fingerprint density at radius 1 is 1.10 bits per heavy atom. The van der Waals surface area contributed by atoms with Gasteiger partial charge in [0, 0.05) is 6.20 Å². The van der Waals surface area contributed by atoms with Crippen LogP contribution >= 0.6 is 0 Å². The molecule has 1 aliphatic rings. The Morgan fingerprint density at radius 3 is 2.73 bits per heavy atom. The SMILES string of the molecule is Cc1ccc(N2CCOc3c(-c4nc5ccc(C(F)(F)F)cc5[nH]4)cccc32)nc1. The van der Waals surface area contributed by atoms with Crippen LogP contribution in [0, 0.1) is 6.92 Å². The monoisotopic (exact) mass is 410 g/mol. The largest absolute Gasteiger partial charge is 0.489 e. The summed E-state index contributed by atoms with van der Waals surface area (Å²) in [6, 6.07) is 13.1. The molecule has 0 aliphatic carbocycles. The number of alkyl halides is 3. The Kier molecular flexibility index (Phi) is 4.16. The number of para-hydroxylation sites is 1. The van der Waals surface area contributed by atoms with Crippen LogP contribution in [0.2, 0.25) is 0 Å². The number of imidazole rings is 1. The fraction of sp³-hybridized carbons (Fsp3) is 0.182. The van der Waals surface area contributed by atoms with Crippen LogP contribution in [0.3, 0.4) is 0 Å². The number of aryl methyl sites for hydroxylation is 1. The zero-order valence-electron chi connectivity index (χ0n) is 16.0. The van der Waals surface area contributed by atoms with Gasteiger partial charge in [0.05, 0.1) is 34.4 Å². The summed E-state index contributed by atoms with van der Waals surface area (Å²) in [6.07, 6.45) is -2.60. The number of ether oxygens (including phenoxy) is 1. The Balaban J connectivity index is 1.59. The molecule has 0 saturated heterocycles. The highest BCUT2D eigenvalue weighted by Crippen LogP contribution is 2.42. The highest BCUT2D eigenvalue weighted by atomic mass is 19.4. The third-order valence-corrected chi connectivity index (χ3v) is 5.08. The second-order valence-corrected chi connectivity index (χ2v) is 7.16. The van der Waals surface area contributed by atoms with Crippen molar-refractivity contribution in [3.8, 4) is 17.1 Å². The van der Waals surface area contributed by atoms with E-state index in [9.17, 15) is 13.2 Å². The zero-order chi connectivity index (χ0) is 20.9. The molecule has 0 atom stereocenters. The van der Waals surface area contributed by atoms with E-state index in [0.29, 0.717) is 41.3 Å². The molecule has 0 fully saturated rings. The lowest BCUT2D eigenvalue weighted by molar-refractivity contribution is -0.137. The van der Waals surface area contributed by atoms with Gasteiger partial charge in [0.2, 0.25) is 0 Å². The number of halogens is 3. The smallest absolute Gasteiger partial charge is 0.416 e. The zero-order valence-corrected chi connectivity index (χ0v) is 16.0. The lowest BCUT2D eigenvalue weighted by Gasteiger charge is -2.31. The summed E-state index contributed by atoms with van der Waals surface area (Å²) >= 11 is 0. The number of nitrogens with zero attached hydrogens (tertiary/aromatic N) is 3. The number of hydrogen-bond acceptors (Lipinski definition) is 4. The summed E-state index contributed by atoms with van der Waals surface area (Å²) < 4.78 is 45.1. The number of H-pyrrole nitrogens is 1. The van der Waals surface area contributed by atoms with E-state index in [2.05, 4.69) is 19.9 Å². The quantitative estimate of drug-likeness (QED) is 0.475. The Hall–Kier alpha value is -3.55. The molecule has 0 radical (unpaired) electrons. The van der Waals surface area contributed by atoms with Crippen molar-refractivity contribution in [1.29, 1.82) is 0 Å². The number of rotatable bonds is 2. The van der Waals surface area contributed by atoms with Crippen LogP contribution in [0.5, 0.6) is 5.75 Å². The number of anilines is 2. The van der Waals surface area contributed by atoms with Crippen LogP contribution < -0.4 is 9.64 Å². The number of pyridine rings is 1. The average molecular weight is 410 g/mol. The summed E-state index contributed by atoms with van der Waals surface area (Å²) in [6.45, 7) is 3.08. The maximum atomic E-state index is 13.0. The molecule has 0 amide bonds. The lowest BCUT2D eigenvalue weighted by atomic mass is 10.1. The van der Waals surface area contributed by atoms with E-state index in [0.717, 1.165) is 29.2 Å². The van der Waals surface area contributed by atoms with Gasteiger partial charge < -0.3 is 14.6 Å². The van der Waals surface area contributed by atoms with Crippen molar-refractivity contribution in [2.24, 2.45) is 0 Å². The predicted molar refractivity (Wildman–Crippen MR) is 108 cm³/mol. The first-order chi connectivity index (χ1) is 14.4. The minimum atomic E-state index is -4.41. The summed E-state index contributed by atoms with van der Waals surface area (Å²) in [5, 5.41) is 0. The van der Waals surface area contributed by atoms with E-state index in [1.165, 1.54) is 6.07 Å². The number of aromatic amines is 1. The topological polar surface area (TPSA) is 54.0 Å². The first kappa shape index (κ1) is 18.5. The van der Waals surface area contributed by atoms with Gasteiger partial charge in [0.1, 0.15) is 18.2 Å². The first-order valence-electron chi connectivity index (χ1n) is 9.43. The molecule has 2 aromatic heterocycles. The van der Waals surface area contributed by atoms with Crippen LogP contribution in [0.15, 0.2) is 54.7 Å². The van der Waals surface area contributed by atoms with Crippen LogP contribution in [-0.2, 0) is 6.18 Å². The molecule has 0 spiro atoms. The number of hydrogen-bond donors (Lipinski definition) is 1. The van der Waals surface area contributed by atoms with Gasteiger partial charge >= 0.3 is 6.18 Å². The maximum absolute atomic E-state index is 13.0. The van der Waals surface area contributed by atoms with Crippen molar-refractivity contribution in [2.75, 3.05) is 18.1 Å². The standard InChI is InChI=1S/C22H17F3N4O/c1-13-5-8-19(26-12-13)29-9-10-30-20-15(3-2-4-18(20)29)21-27-16-7-6-14(22(23,24)25)11-17(16)28-21/h2-8,11-12H,9-10H2,1H3,(H,27,28). The molecular formula is C22H17F3N4O. The second-order valence-electron chi connectivity index (χ2n) is 7.16. The van der Waals surface area contributed by atoms with Crippen LogP contribution in [0.1, 0.15) is 11.1 Å². The van der Waals surface area contributed by atoms with Gasteiger partial charge in [-0.2, -0.15) is 13.2 Å². The van der Waals surface area contributed by atoms with Gasteiger partial charge in [-0.05, 0) is 48.9 Å². The molecule has 0 saturated carbocycles.